The van der Waals surface area contributed by atoms with Gasteiger partial charge in [0.25, 0.3) is 0 Å². The summed E-state index contributed by atoms with van der Waals surface area (Å²) in [6, 6.07) is 31.2. The number of hydrogen-bond acceptors (Lipinski definition) is 1. The molecule has 2 heteroatoms. The molecule has 0 fully saturated rings. The van der Waals surface area contributed by atoms with Crippen LogP contribution in [0.15, 0.2) is 91.0 Å². The second-order valence-corrected chi connectivity index (χ2v) is 6.98. The SMILES string of the molecule is CCc1ccccc1N.[B]c1cccc2ccc3cc4ccccc4cc3c12. The lowest BCUT2D eigenvalue weighted by atomic mass is 9.87. The van der Waals surface area contributed by atoms with Crippen molar-refractivity contribution in [3.63, 3.8) is 0 Å². The molecule has 0 saturated carbocycles. The van der Waals surface area contributed by atoms with Crippen LogP contribution in [0.1, 0.15) is 12.5 Å². The number of nitrogen functional groups attached to an aromatic ring is 1. The topological polar surface area (TPSA) is 26.0 Å². The summed E-state index contributed by atoms with van der Waals surface area (Å²) >= 11 is 0. The fourth-order valence-corrected chi connectivity index (χ4v) is 3.69. The molecule has 0 bridgehead atoms. The van der Waals surface area contributed by atoms with Gasteiger partial charge in [-0.2, -0.15) is 0 Å². The highest BCUT2D eigenvalue weighted by Gasteiger charge is 2.04. The van der Waals surface area contributed by atoms with Crippen LogP contribution in [0.3, 0.4) is 0 Å². The molecular weight excluding hydrogens is 337 g/mol. The largest absolute Gasteiger partial charge is 0.399 e. The maximum Gasteiger partial charge on any atom is 0.114 e. The van der Waals surface area contributed by atoms with Gasteiger partial charge in [-0.05, 0) is 62.5 Å². The molecule has 0 amide bonds. The summed E-state index contributed by atoms with van der Waals surface area (Å²) in [6.45, 7) is 2.10. The van der Waals surface area contributed by atoms with E-state index in [9.17, 15) is 0 Å². The van der Waals surface area contributed by atoms with Crippen LogP contribution in [0.25, 0.3) is 32.3 Å². The monoisotopic (exact) mass is 359 g/mol. The van der Waals surface area contributed by atoms with Crippen LogP contribution >= 0.6 is 0 Å². The van der Waals surface area contributed by atoms with E-state index >= 15 is 0 Å². The fourth-order valence-electron chi connectivity index (χ4n) is 3.69. The Hall–Kier alpha value is -3.26. The van der Waals surface area contributed by atoms with Gasteiger partial charge in [0.05, 0.1) is 0 Å². The normalized spacial score (nSPS) is 10.8. The second kappa shape index (κ2) is 7.78. The van der Waals surface area contributed by atoms with E-state index in [1.807, 2.05) is 30.3 Å². The van der Waals surface area contributed by atoms with Gasteiger partial charge < -0.3 is 5.73 Å². The summed E-state index contributed by atoms with van der Waals surface area (Å²) in [4.78, 5) is 0. The third-order valence-corrected chi connectivity index (χ3v) is 5.19. The van der Waals surface area contributed by atoms with Crippen LogP contribution in [0, 0.1) is 0 Å². The van der Waals surface area contributed by atoms with Crippen LogP contribution in [-0.4, -0.2) is 7.85 Å². The van der Waals surface area contributed by atoms with Gasteiger partial charge in [0.1, 0.15) is 7.85 Å². The van der Waals surface area contributed by atoms with E-state index in [4.69, 9.17) is 13.6 Å². The molecule has 134 valence electrons. The van der Waals surface area contributed by atoms with Gasteiger partial charge in [-0.25, -0.2) is 0 Å². The molecule has 0 aromatic heterocycles. The highest BCUT2D eigenvalue weighted by atomic mass is 14.5. The standard InChI is InChI=1S/C18H11B.C8H11N/c19-17-7-3-6-12-8-9-15-10-13-4-1-2-5-14(13)11-16(15)18(12)17;1-2-7-5-3-4-6-8(7)9/h1-11H;3-6H,2,9H2,1H3. The summed E-state index contributed by atoms with van der Waals surface area (Å²) in [7, 11) is 6.17. The number of aryl methyl sites for hydroxylation is 1. The van der Waals surface area contributed by atoms with Crippen molar-refractivity contribution < 1.29 is 0 Å². The van der Waals surface area contributed by atoms with Crippen molar-refractivity contribution in [3.8, 4) is 0 Å². The molecule has 5 rings (SSSR count). The van der Waals surface area contributed by atoms with E-state index in [1.54, 1.807) is 0 Å². The highest BCUT2D eigenvalue weighted by Crippen LogP contribution is 2.28. The zero-order valence-electron chi connectivity index (χ0n) is 16.0. The number of fused-ring (bicyclic) bond motifs is 4. The lowest BCUT2D eigenvalue weighted by Crippen LogP contribution is -2.03. The summed E-state index contributed by atoms with van der Waals surface area (Å²) in [5.41, 5.74) is 8.61. The van der Waals surface area contributed by atoms with Crippen LogP contribution in [0.4, 0.5) is 5.69 Å². The van der Waals surface area contributed by atoms with E-state index in [0.29, 0.717) is 0 Å². The molecule has 5 aromatic carbocycles. The third kappa shape index (κ3) is 3.46. The van der Waals surface area contributed by atoms with Gasteiger partial charge in [-0.1, -0.05) is 85.2 Å². The van der Waals surface area contributed by atoms with Crippen LogP contribution in [0.5, 0.6) is 0 Å². The minimum absolute atomic E-state index is 0.846. The lowest BCUT2D eigenvalue weighted by Gasteiger charge is -2.09. The van der Waals surface area contributed by atoms with E-state index in [1.165, 1.54) is 32.5 Å². The molecule has 0 aliphatic carbocycles. The first-order chi connectivity index (χ1) is 13.7. The molecule has 1 nitrogen and oxygen atoms in total. The molecule has 2 N–H and O–H groups in total. The Kier molecular flexibility index (Phi) is 5.03. The summed E-state index contributed by atoms with van der Waals surface area (Å²) in [5, 5.41) is 7.35. The Balaban J connectivity index is 0.000000181. The van der Waals surface area contributed by atoms with Gasteiger partial charge in [-0.15, -0.1) is 0 Å². The lowest BCUT2D eigenvalue weighted by molar-refractivity contribution is 1.14. The van der Waals surface area contributed by atoms with Crippen molar-refractivity contribution in [2.45, 2.75) is 13.3 Å². The minimum atomic E-state index is 0.846. The van der Waals surface area contributed by atoms with Crippen molar-refractivity contribution >= 4 is 51.3 Å². The molecule has 0 heterocycles. The first kappa shape index (κ1) is 18.1. The Morgan fingerprint density at radius 1 is 0.679 bits per heavy atom. The molecule has 0 spiro atoms. The van der Waals surface area contributed by atoms with Gasteiger partial charge in [0, 0.05) is 5.69 Å². The summed E-state index contributed by atoms with van der Waals surface area (Å²) < 4.78 is 0. The van der Waals surface area contributed by atoms with E-state index < -0.39 is 0 Å². The molecule has 0 unspecified atom stereocenters. The van der Waals surface area contributed by atoms with Crippen molar-refractivity contribution in [2.24, 2.45) is 0 Å². The Bertz CT molecular complexity index is 1270. The van der Waals surface area contributed by atoms with Crippen molar-refractivity contribution in [1.29, 1.82) is 0 Å². The smallest absolute Gasteiger partial charge is 0.114 e. The van der Waals surface area contributed by atoms with E-state index in [0.717, 1.165) is 23.0 Å². The number of nitrogens with two attached hydrogens (primary N) is 1. The molecule has 0 aliphatic heterocycles. The molecule has 2 radical (unpaired) electrons. The number of anilines is 1. The molecule has 5 aromatic rings. The molecular formula is C26H22BN. The molecule has 28 heavy (non-hydrogen) atoms. The number of benzene rings is 5. The zero-order chi connectivity index (χ0) is 19.5. The number of para-hydroxylation sites is 1. The average Bonchev–Trinajstić information content (AvgIpc) is 2.73. The van der Waals surface area contributed by atoms with Crippen LogP contribution in [0.2, 0.25) is 0 Å². The Morgan fingerprint density at radius 3 is 2.04 bits per heavy atom. The summed E-state index contributed by atoms with van der Waals surface area (Å²) in [5.74, 6) is 0. The summed E-state index contributed by atoms with van der Waals surface area (Å²) in [6.07, 6.45) is 1.02. The van der Waals surface area contributed by atoms with Crippen LogP contribution in [-0.2, 0) is 6.42 Å². The van der Waals surface area contributed by atoms with Gasteiger partial charge >= 0.3 is 0 Å². The Labute approximate surface area is 167 Å². The zero-order valence-corrected chi connectivity index (χ0v) is 16.0. The minimum Gasteiger partial charge on any atom is -0.399 e. The second-order valence-electron chi connectivity index (χ2n) is 6.98. The first-order valence-electron chi connectivity index (χ1n) is 9.60. The quantitative estimate of drug-likeness (QED) is 0.175. The average molecular weight is 359 g/mol. The maximum atomic E-state index is 6.17. The van der Waals surface area contributed by atoms with Crippen LogP contribution < -0.4 is 11.2 Å². The molecule has 0 atom stereocenters. The first-order valence-corrected chi connectivity index (χ1v) is 9.60. The third-order valence-electron chi connectivity index (χ3n) is 5.19. The van der Waals surface area contributed by atoms with Gasteiger partial charge in [0.15, 0.2) is 0 Å². The molecule has 0 saturated heterocycles. The van der Waals surface area contributed by atoms with E-state index in [2.05, 4.69) is 67.6 Å². The predicted molar refractivity (Wildman–Crippen MR) is 125 cm³/mol. The fraction of sp³-hybridized carbons (Fsp3) is 0.0769. The van der Waals surface area contributed by atoms with E-state index in [-0.39, 0.29) is 0 Å². The number of rotatable bonds is 1. The van der Waals surface area contributed by atoms with Gasteiger partial charge in [-0.3, -0.25) is 0 Å². The van der Waals surface area contributed by atoms with Gasteiger partial charge in [0.2, 0.25) is 0 Å². The highest BCUT2D eigenvalue weighted by molar-refractivity contribution is 6.41. The molecule has 0 aliphatic rings. The maximum absolute atomic E-state index is 6.17. The van der Waals surface area contributed by atoms with Crippen molar-refractivity contribution in [1.82, 2.24) is 0 Å². The van der Waals surface area contributed by atoms with Crippen molar-refractivity contribution in [3.05, 3.63) is 96.6 Å². The number of hydrogen-bond donors (Lipinski definition) is 1. The van der Waals surface area contributed by atoms with Crippen molar-refractivity contribution in [2.75, 3.05) is 5.73 Å². The predicted octanol–water partition coefficient (Wildman–Crippen LogP) is 5.77. The Morgan fingerprint density at radius 2 is 1.32 bits per heavy atom.